The summed E-state index contributed by atoms with van der Waals surface area (Å²) in [6.07, 6.45) is 0. The Kier molecular flexibility index (Phi) is 4.12. The molecule has 0 saturated heterocycles. The molecule has 4 heteroatoms. The quantitative estimate of drug-likeness (QED) is 0.882. The average Bonchev–Trinajstić information content (AvgIpc) is 2.39. The summed E-state index contributed by atoms with van der Waals surface area (Å²) < 4.78 is 0. The van der Waals surface area contributed by atoms with Gasteiger partial charge in [-0.05, 0) is 38.0 Å². The highest BCUT2D eigenvalue weighted by Crippen LogP contribution is 2.22. The van der Waals surface area contributed by atoms with E-state index in [9.17, 15) is 0 Å². The lowest BCUT2D eigenvalue weighted by molar-refractivity contribution is 0.987. The number of rotatable bonds is 4. The van der Waals surface area contributed by atoms with E-state index in [2.05, 4.69) is 47.3 Å². The van der Waals surface area contributed by atoms with Crippen LogP contribution in [-0.2, 0) is 0 Å². The smallest absolute Gasteiger partial charge is 0.130 e. The number of hydrogen-bond donors (Lipinski definition) is 2. The Bertz CT molecular complexity index is 578. The second-order valence-corrected chi connectivity index (χ2v) is 4.70. The second-order valence-electron chi connectivity index (χ2n) is 4.70. The second kappa shape index (κ2) is 5.80. The summed E-state index contributed by atoms with van der Waals surface area (Å²) in [7, 11) is 0. The third-order valence-corrected chi connectivity index (χ3v) is 3.09. The van der Waals surface area contributed by atoms with Crippen LogP contribution in [0.15, 0.2) is 24.3 Å². The molecule has 0 aliphatic carbocycles. The summed E-state index contributed by atoms with van der Waals surface area (Å²) in [6.45, 7) is 7.42. The first-order chi connectivity index (χ1) is 9.10. The number of nitrogens with two attached hydrogens (primary N) is 1. The topological polar surface area (TPSA) is 63.8 Å². The fourth-order valence-electron chi connectivity index (χ4n) is 1.91. The maximum absolute atomic E-state index is 5.49. The zero-order valence-electron chi connectivity index (χ0n) is 11.7. The van der Waals surface area contributed by atoms with Gasteiger partial charge in [-0.2, -0.15) is 0 Å². The molecule has 0 spiro atoms. The number of aromatic nitrogens is 2. The van der Waals surface area contributed by atoms with Crippen LogP contribution < -0.4 is 11.1 Å². The van der Waals surface area contributed by atoms with Gasteiger partial charge >= 0.3 is 0 Å². The molecule has 2 rings (SSSR count). The van der Waals surface area contributed by atoms with Crippen molar-refractivity contribution in [3.8, 4) is 11.3 Å². The molecular formula is C15H20N4. The molecule has 0 amide bonds. The van der Waals surface area contributed by atoms with Crippen molar-refractivity contribution >= 4 is 5.82 Å². The highest BCUT2D eigenvalue weighted by atomic mass is 15.0. The Morgan fingerprint density at radius 2 is 1.84 bits per heavy atom. The third-order valence-electron chi connectivity index (χ3n) is 3.09. The molecule has 0 bridgehead atoms. The van der Waals surface area contributed by atoms with Crippen LogP contribution in [0, 0.1) is 20.8 Å². The van der Waals surface area contributed by atoms with Crippen molar-refractivity contribution in [3.63, 3.8) is 0 Å². The minimum Gasteiger partial charge on any atom is -0.369 e. The molecule has 3 N–H and O–H groups in total. The van der Waals surface area contributed by atoms with Crippen molar-refractivity contribution in [3.05, 3.63) is 41.2 Å². The van der Waals surface area contributed by atoms with Crippen LogP contribution in [-0.4, -0.2) is 23.1 Å². The molecule has 0 aliphatic heterocycles. The van der Waals surface area contributed by atoms with E-state index < -0.39 is 0 Å². The summed E-state index contributed by atoms with van der Waals surface area (Å²) >= 11 is 0. The summed E-state index contributed by atoms with van der Waals surface area (Å²) in [5.74, 6) is 1.58. The van der Waals surface area contributed by atoms with Crippen molar-refractivity contribution in [1.29, 1.82) is 0 Å². The first kappa shape index (κ1) is 13.5. The molecule has 19 heavy (non-hydrogen) atoms. The molecule has 0 unspecified atom stereocenters. The van der Waals surface area contributed by atoms with Crippen LogP contribution in [0.3, 0.4) is 0 Å². The molecule has 0 aliphatic rings. The Hall–Kier alpha value is -1.94. The average molecular weight is 256 g/mol. The molecule has 0 fully saturated rings. The van der Waals surface area contributed by atoms with Crippen LogP contribution >= 0.6 is 0 Å². The number of hydrogen-bond acceptors (Lipinski definition) is 4. The van der Waals surface area contributed by atoms with Gasteiger partial charge in [0.1, 0.15) is 11.6 Å². The van der Waals surface area contributed by atoms with Gasteiger partial charge in [-0.1, -0.05) is 12.1 Å². The van der Waals surface area contributed by atoms with Gasteiger partial charge in [0, 0.05) is 24.7 Å². The number of benzene rings is 1. The molecule has 0 radical (unpaired) electrons. The van der Waals surface area contributed by atoms with Gasteiger partial charge in [-0.15, -0.1) is 0 Å². The largest absolute Gasteiger partial charge is 0.369 e. The lowest BCUT2D eigenvalue weighted by atomic mass is 10.0. The molecule has 0 atom stereocenters. The molecule has 1 aromatic heterocycles. The maximum atomic E-state index is 5.49. The SMILES string of the molecule is Cc1nc(NCCN)cc(-c2ccc(C)c(C)c2)n1. The molecular weight excluding hydrogens is 236 g/mol. The van der Waals surface area contributed by atoms with Crippen molar-refractivity contribution in [2.75, 3.05) is 18.4 Å². The summed E-state index contributed by atoms with van der Waals surface area (Å²) in [5, 5.41) is 3.20. The fourth-order valence-corrected chi connectivity index (χ4v) is 1.91. The lowest BCUT2D eigenvalue weighted by Crippen LogP contribution is -2.14. The van der Waals surface area contributed by atoms with E-state index in [0.29, 0.717) is 13.1 Å². The summed E-state index contributed by atoms with van der Waals surface area (Å²) in [5.41, 5.74) is 10.1. The lowest BCUT2D eigenvalue weighted by Gasteiger charge is -2.09. The number of aryl methyl sites for hydroxylation is 3. The van der Waals surface area contributed by atoms with Gasteiger partial charge in [0.15, 0.2) is 0 Å². The maximum Gasteiger partial charge on any atom is 0.130 e. The molecule has 2 aromatic rings. The summed E-state index contributed by atoms with van der Waals surface area (Å²) in [4.78, 5) is 8.86. The Morgan fingerprint density at radius 3 is 2.53 bits per heavy atom. The molecule has 100 valence electrons. The van der Waals surface area contributed by atoms with Gasteiger partial charge in [-0.25, -0.2) is 9.97 Å². The van der Waals surface area contributed by atoms with Crippen molar-refractivity contribution in [1.82, 2.24) is 9.97 Å². The number of nitrogens with one attached hydrogen (secondary N) is 1. The van der Waals surface area contributed by atoms with E-state index in [1.54, 1.807) is 0 Å². The van der Waals surface area contributed by atoms with Crippen molar-refractivity contribution in [2.45, 2.75) is 20.8 Å². The molecule has 4 nitrogen and oxygen atoms in total. The molecule has 1 aromatic carbocycles. The van der Waals surface area contributed by atoms with Crippen LogP contribution in [0.2, 0.25) is 0 Å². The van der Waals surface area contributed by atoms with Crippen LogP contribution in [0.4, 0.5) is 5.82 Å². The van der Waals surface area contributed by atoms with E-state index in [0.717, 1.165) is 22.9 Å². The van der Waals surface area contributed by atoms with Crippen LogP contribution in [0.25, 0.3) is 11.3 Å². The minimum absolute atomic E-state index is 0.585. The van der Waals surface area contributed by atoms with Crippen LogP contribution in [0.1, 0.15) is 17.0 Å². The highest BCUT2D eigenvalue weighted by Gasteiger charge is 2.05. The number of anilines is 1. The normalized spacial score (nSPS) is 10.5. The first-order valence-corrected chi connectivity index (χ1v) is 6.47. The third kappa shape index (κ3) is 3.29. The van der Waals surface area contributed by atoms with Crippen molar-refractivity contribution < 1.29 is 0 Å². The predicted molar refractivity (Wildman–Crippen MR) is 79.2 cm³/mol. The first-order valence-electron chi connectivity index (χ1n) is 6.47. The standard InChI is InChI=1S/C15H20N4/c1-10-4-5-13(8-11(10)2)14-9-15(17-7-6-16)19-12(3)18-14/h4-5,8-9H,6-7,16H2,1-3H3,(H,17,18,19). The van der Waals surface area contributed by atoms with E-state index in [1.807, 2.05) is 13.0 Å². The highest BCUT2D eigenvalue weighted by molar-refractivity contribution is 5.64. The van der Waals surface area contributed by atoms with E-state index in [-0.39, 0.29) is 0 Å². The summed E-state index contributed by atoms with van der Waals surface area (Å²) in [6, 6.07) is 8.34. The van der Waals surface area contributed by atoms with Gasteiger partial charge in [0.05, 0.1) is 5.69 Å². The van der Waals surface area contributed by atoms with Gasteiger partial charge in [0.2, 0.25) is 0 Å². The van der Waals surface area contributed by atoms with Gasteiger partial charge in [-0.3, -0.25) is 0 Å². The van der Waals surface area contributed by atoms with Crippen LogP contribution in [0.5, 0.6) is 0 Å². The van der Waals surface area contributed by atoms with Crippen molar-refractivity contribution in [2.24, 2.45) is 5.73 Å². The fraction of sp³-hybridized carbons (Fsp3) is 0.333. The Balaban J connectivity index is 2.37. The number of nitrogens with zero attached hydrogens (tertiary/aromatic N) is 2. The zero-order valence-corrected chi connectivity index (χ0v) is 11.7. The Morgan fingerprint density at radius 1 is 1.05 bits per heavy atom. The van der Waals surface area contributed by atoms with E-state index in [1.165, 1.54) is 11.1 Å². The van der Waals surface area contributed by atoms with Gasteiger partial charge in [0.25, 0.3) is 0 Å². The zero-order chi connectivity index (χ0) is 13.8. The van der Waals surface area contributed by atoms with E-state index >= 15 is 0 Å². The van der Waals surface area contributed by atoms with Gasteiger partial charge < -0.3 is 11.1 Å². The molecule has 1 heterocycles. The minimum atomic E-state index is 0.585. The Labute approximate surface area is 114 Å². The van der Waals surface area contributed by atoms with E-state index in [4.69, 9.17) is 5.73 Å². The monoisotopic (exact) mass is 256 g/mol. The predicted octanol–water partition coefficient (Wildman–Crippen LogP) is 2.44. The molecule has 0 saturated carbocycles.